The van der Waals surface area contributed by atoms with Gasteiger partial charge in [-0.1, -0.05) is 50.5 Å². The molecule has 0 aromatic carbocycles. The van der Waals surface area contributed by atoms with Crippen LogP contribution < -0.4 is 0 Å². The standard InChI is InChI=1S/C21H34O4/c1-2-3-6-9-17(22)12-13-18-16-14-20(25-15-16)19(18)10-7-4-5-8-11-21(23)24/h4,7,12-13,16-20,22H,2-3,5-6,8-11,14-15H2,1H3,(H,23,24)/b7-4+,13-12+. The maximum Gasteiger partial charge on any atom is 0.303 e. The van der Waals surface area contributed by atoms with E-state index >= 15 is 0 Å². The topological polar surface area (TPSA) is 66.8 Å². The minimum atomic E-state index is -0.724. The smallest absolute Gasteiger partial charge is 0.303 e. The Hall–Kier alpha value is -1.13. The van der Waals surface area contributed by atoms with Crippen LogP contribution in [0.2, 0.25) is 0 Å². The first-order chi connectivity index (χ1) is 12.1. The highest BCUT2D eigenvalue weighted by Gasteiger charge is 2.46. The number of unbranched alkanes of at least 4 members (excludes halogenated alkanes) is 3. The Bertz CT molecular complexity index is 457. The molecule has 0 radical (unpaired) electrons. The van der Waals surface area contributed by atoms with Crippen molar-refractivity contribution in [1.29, 1.82) is 0 Å². The van der Waals surface area contributed by atoms with Gasteiger partial charge in [0.15, 0.2) is 0 Å². The van der Waals surface area contributed by atoms with Gasteiger partial charge in [-0.2, -0.15) is 0 Å². The van der Waals surface area contributed by atoms with E-state index in [4.69, 9.17) is 9.84 Å². The van der Waals surface area contributed by atoms with E-state index < -0.39 is 5.97 Å². The Labute approximate surface area is 152 Å². The van der Waals surface area contributed by atoms with Crippen LogP contribution in [0.1, 0.15) is 64.7 Å². The maximum atomic E-state index is 10.5. The number of carboxylic acid groups (broad SMARTS) is 1. The lowest BCUT2D eigenvalue weighted by Crippen LogP contribution is -2.27. The molecule has 4 heteroatoms. The molecule has 1 saturated carbocycles. The first-order valence-electron chi connectivity index (χ1n) is 9.96. The van der Waals surface area contributed by atoms with Crippen LogP contribution in [-0.2, 0) is 9.53 Å². The van der Waals surface area contributed by atoms with Gasteiger partial charge >= 0.3 is 5.97 Å². The molecule has 1 aliphatic carbocycles. The number of hydrogen-bond donors (Lipinski definition) is 2. The van der Waals surface area contributed by atoms with Crippen LogP contribution in [0.25, 0.3) is 0 Å². The molecular formula is C21H34O4. The zero-order valence-corrected chi connectivity index (χ0v) is 15.5. The molecule has 1 heterocycles. The molecule has 0 amide bonds. The van der Waals surface area contributed by atoms with Crippen LogP contribution in [0.4, 0.5) is 0 Å². The minimum absolute atomic E-state index is 0.239. The maximum absolute atomic E-state index is 10.5. The fraction of sp³-hybridized carbons (Fsp3) is 0.762. The summed E-state index contributed by atoms with van der Waals surface area (Å²) in [5.41, 5.74) is 0. The highest BCUT2D eigenvalue weighted by Crippen LogP contribution is 2.47. The number of carboxylic acids is 1. The number of ether oxygens (including phenoxy) is 1. The second-order valence-electron chi connectivity index (χ2n) is 7.55. The predicted octanol–water partition coefficient (Wildman–Crippen LogP) is 4.34. The van der Waals surface area contributed by atoms with Crippen molar-refractivity contribution >= 4 is 5.97 Å². The lowest BCUT2D eigenvalue weighted by molar-refractivity contribution is -0.137. The lowest BCUT2D eigenvalue weighted by atomic mass is 9.85. The Morgan fingerprint density at radius 2 is 2.12 bits per heavy atom. The van der Waals surface area contributed by atoms with Crippen molar-refractivity contribution in [3.8, 4) is 0 Å². The second-order valence-corrected chi connectivity index (χ2v) is 7.55. The van der Waals surface area contributed by atoms with E-state index in [0.717, 1.165) is 38.7 Å². The molecule has 142 valence electrons. The quantitative estimate of drug-likeness (QED) is 0.406. The molecule has 4 nitrogen and oxygen atoms in total. The Morgan fingerprint density at radius 3 is 2.88 bits per heavy atom. The molecule has 0 aromatic heterocycles. The lowest BCUT2D eigenvalue weighted by Gasteiger charge is -2.28. The zero-order chi connectivity index (χ0) is 18.1. The van der Waals surface area contributed by atoms with E-state index in [2.05, 4.69) is 25.2 Å². The number of rotatable bonds is 12. The van der Waals surface area contributed by atoms with E-state index in [-0.39, 0.29) is 12.5 Å². The summed E-state index contributed by atoms with van der Waals surface area (Å²) in [5, 5.41) is 18.8. The highest BCUT2D eigenvalue weighted by atomic mass is 16.5. The van der Waals surface area contributed by atoms with Gasteiger partial charge in [-0.3, -0.25) is 4.79 Å². The molecule has 2 aliphatic rings. The summed E-state index contributed by atoms with van der Waals surface area (Å²) < 4.78 is 5.88. The first-order valence-corrected chi connectivity index (χ1v) is 9.96. The molecule has 1 aliphatic heterocycles. The molecule has 2 N–H and O–H groups in total. The number of aliphatic hydroxyl groups excluding tert-OH is 1. The summed E-state index contributed by atoms with van der Waals surface area (Å²) in [6.07, 6.45) is 16.8. The third-order valence-electron chi connectivity index (χ3n) is 5.57. The average molecular weight is 350 g/mol. The van der Waals surface area contributed by atoms with Gasteiger partial charge in [-0.25, -0.2) is 0 Å². The third kappa shape index (κ3) is 6.59. The van der Waals surface area contributed by atoms with E-state index in [1.807, 2.05) is 6.08 Å². The number of allylic oxidation sites excluding steroid dienone is 3. The molecule has 1 saturated heterocycles. The number of aliphatic carboxylic acids is 1. The number of aliphatic hydroxyl groups is 1. The second kappa shape index (κ2) is 10.8. The Kier molecular flexibility index (Phi) is 8.70. The normalized spacial score (nSPS) is 29.8. The summed E-state index contributed by atoms with van der Waals surface area (Å²) in [7, 11) is 0. The van der Waals surface area contributed by atoms with E-state index in [0.29, 0.717) is 30.3 Å². The number of fused-ring (bicyclic) bond motifs is 2. The molecule has 0 spiro atoms. The van der Waals surface area contributed by atoms with Gasteiger partial charge in [0.25, 0.3) is 0 Å². The Balaban J connectivity index is 1.78. The van der Waals surface area contributed by atoms with Gasteiger partial charge < -0.3 is 14.9 Å². The fourth-order valence-electron chi connectivity index (χ4n) is 4.15. The van der Waals surface area contributed by atoms with Gasteiger partial charge in [0, 0.05) is 6.42 Å². The van der Waals surface area contributed by atoms with Crippen molar-refractivity contribution in [2.24, 2.45) is 17.8 Å². The largest absolute Gasteiger partial charge is 0.481 e. The van der Waals surface area contributed by atoms with Gasteiger partial charge in [0.2, 0.25) is 0 Å². The molecule has 2 rings (SSSR count). The van der Waals surface area contributed by atoms with Crippen LogP contribution in [0.5, 0.6) is 0 Å². The molecule has 2 bridgehead atoms. The highest BCUT2D eigenvalue weighted by molar-refractivity contribution is 5.66. The minimum Gasteiger partial charge on any atom is -0.481 e. The fourth-order valence-corrected chi connectivity index (χ4v) is 4.15. The molecule has 2 fully saturated rings. The first kappa shape index (κ1) is 20.2. The Morgan fingerprint density at radius 1 is 1.28 bits per heavy atom. The number of carbonyl (C=O) groups is 1. The summed E-state index contributed by atoms with van der Waals surface area (Å²) in [6.45, 7) is 3.03. The SMILES string of the molecule is CCCCCC(O)/C=C/C1C2COC(C2)C1C/C=C/CCCC(=O)O. The summed E-state index contributed by atoms with van der Waals surface area (Å²) in [4.78, 5) is 10.5. The van der Waals surface area contributed by atoms with E-state index in [9.17, 15) is 9.90 Å². The molecule has 5 atom stereocenters. The monoisotopic (exact) mass is 350 g/mol. The van der Waals surface area contributed by atoms with E-state index in [1.165, 1.54) is 12.8 Å². The van der Waals surface area contributed by atoms with Crippen LogP contribution >= 0.6 is 0 Å². The molecule has 0 aromatic rings. The van der Waals surface area contributed by atoms with Crippen molar-refractivity contribution in [3.05, 3.63) is 24.3 Å². The summed E-state index contributed by atoms with van der Waals surface area (Å²) >= 11 is 0. The van der Waals surface area contributed by atoms with Crippen molar-refractivity contribution in [2.45, 2.75) is 76.9 Å². The molecular weight excluding hydrogens is 316 g/mol. The third-order valence-corrected chi connectivity index (χ3v) is 5.57. The summed E-state index contributed by atoms with van der Waals surface area (Å²) in [5.74, 6) is 0.865. The molecule has 25 heavy (non-hydrogen) atoms. The van der Waals surface area contributed by atoms with Crippen molar-refractivity contribution < 1.29 is 19.7 Å². The van der Waals surface area contributed by atoms with Gasteiger partial charge in [-0.15, -0.1) is 0 Å². The number of hydrogen-bond acceptors (Lipinski definition) is 3. The van der Waals surface area contributed by atoms with Gasteiger partial charge in [0.1, 0.15) is 0 Å². The van der Waals surface area contributed by atoms with Crippen LogP contribution in [0, 0.1) is 17.8 Å². The van der Waals surface area contributed by atoms with Crippen molar-refractivity contribution in [1.82, 2.24) is 0 Å². The van der Waals surface area contributed by atoms with E-state index in [1.54, 1.807) is 0 Å². The van der Waals surface area contributed by atoms with Crippen LogP contribution in [-0.4, -0.2) is 35.0 Å². The predicted molar refractivity (Wildman–Crippen MR) is 99.4 cm³/mol. The van der Waals surface area contributed by atoms with Gasteiger partial charge in [0.05, 0.1) is 18.8 Å². The van der Waals surface area contributed by atoms with Crippen molar-refractivity contribution in [2.75, 3.05) is 6.61 Å². The average Bonchev–Trinajstić information content (AvgIpc) is 3.17. The van der Waals surface area contributed by atoms with Crippen LogP contribution in [0.3, 0.4) is 0 Å². The zero-order valence-electron chi connectivity index (χ0n) is 15.5. The summed E-state index contributed by atoms with van der Waals surface area (Å²) in [6, 6.07) is 0. The van der Waals surface area contributed by atoms with Crippen molar-refractivity contribution in [3.63, 3.8) is 0 Å². The van der Waals surface area contributed by atoms with Crippen LogP contribution in [0.15, 0.2) is 24.3 Å². The van der Waals surface area contributed by atoms with Gasteiger partial charge in [-0.05, 0) is 49.9 Å². The molecule has 5 unspecified atom stereocenters.